The van der Waals surface area contributed by atoms with E-state index >= 15 is 0 Å². The van der Waals surface area contributed by atoms with Crippen LogP contribution in [-0.2, 0) is 11.3 Å². The standard InChI is InChI=1S/C20H16FN3O2S/c1-23(2)18(25)11-24-16-6-4-13(21)10-15(16)19(26)14-5-3-12(9-17(14)24)20-22-7-8-27-20/h3-10H,11H2,1-2H3. The molecule has 0 saturated heterocycles. The van der Waals surface area contributed by atoms with Crippen molar-refractivity contribution in [3.63, 3.8) is 0 Å². The fourth-order valence-corrected chi connectivity index (χ4v) is 3.73. The zero-order valence-electron chi connectivity index (χ0n) is 14.8. The molecule has 136 valence electrons. The van der Waals surface area contributed by atoms with E-state index in [0.29, 0.717) is 16.4 Å². The van der Waals surface area contributed by atoms with Crippen LogP contribution in [0.5, 0.6) is 0 Å². The Bertz CT molecular complexity index is 1230. The number of amides is 1. The Hall–Kier alpha value is -3.06. The fourth-order valence-electron chi connectivity index (χ4n) is 3.09. The van der Waals surface area contributed by atoms with E-state index in [0.717, 1.165) is 10.6 Å². The summed E-state index contributed by atoms with van der Waals surface area (Å²) in [6, 6.07) is 9.48. The molecule has 2 heterocycles. The van der Waals surface area contributed by atoms with Crippen LogP contribution >= 0.6 is 11.3 Å². The normalized spacial score (nSPS) is 11.2. The van der Waals surface area contributed by atoms with Crippen molar-refractivity contribution >= 4 is 39.0 Å². The lowest BCUT2D eigenvalue weighted by Gasteiger charge is -2.18. The van der Waals surface area contributed by atoms with Gasteiger partial charge in [-0.05, 0) is 30.3 Å². The fraction of sp³-hybridized carbons (Fsp3) is 0.150. The van der Waals surface area contributed by atoms with Crippen LogP contribution in [0.15, 0.2) is 52.8 Å². The third-order valence-corrected chi connectivity index (χ3v) is 5.32. The van der Waals surface area contributed by atoms with Gasteiger partial charge in [0.15, 0.2) is 5.43 Å². The number of hydrogen-bond acceptors (Lipinski definition) is 4. The van der Waals surface area contributed by atoms with Crippen molar-refractivity contribution in [1.29, 1.82) is 0 Å². The molecule has 7 heteroatoms. The first-order valence-electron chi connectivity index (χ1n) is 8.31. The summed E-state index contributed by atoms with van der Waals surface area (Å²) in [5.74, 6) is -0.603. The number of halogens is 1. The second-order valence-corrected chi connectivity index (χ2v) is 7.33. The minimum atomic E-state index is -0.483. The Morgan fingerprint density at radius 3 is 2.67 bits per heavy atom. The van der Waals surface area contributed by atoms with E-state index in [2.05, 4.69) is 4.98 Å². The smallest absolute Gasteiger partial charge is 0.242 e. The Morgan fingerprint density at radius 1 is 1.15 bits per heavy atom. The third kappa shape index (κ3) is 3.00. The van der Waals surface area contributed by atoms with Gasteiger partial charge in [-0.15, -0.1) is 11.3 Å². The summed E-state index contributed by atoms with van der Waals surface area (Å²) in [4.78, 5) is 31.1. The highest BCUT2D eigenvalue weighted by Crippen LogP contribution is 2.27. The number of carbonyl (C=O) groups is 1. The van der Waals surface area contributed by atoms with Crippen molar-refractivity contribution in [3.8, 4) is 10.6 Å². The van der Waals surface area contributed by atoms with Crippen LogP contribution in [0.1, 0.15) is 0 Å². The van der Waals surface area contributed by atoms with Gasteiger partial charge in [0, 0.05) is 42.0 Å². The van der Waals surface area contributed by atoms with Gasteiger partial charge >= 0.3 is 0 Å². The van der Waals surface area contributed by atoms with E-state index in [1.165, 1.54) is 28.4 Å². The number of benzene rings is 2. The van der Waals surface area contributed by atoms with E-state index in [1.54, 1.807) is 37.0 Å². The molecule has 0 aliphatic carbocycles. The van der Waals surface area contributed by atoms with E-state index < -0.39 is 5.82 Å². The van der Waals surface area contributed by atoms with Gasteiger partial charge in [-0.2, -0.15) is 0 Å². The molecule has 0 bridgehead atoms. The maximum atomic E-state index is 13.8. The molecule has 2 aromatic carbocycles. The predicted octanol–water partition coefficient (Wildman–Crippen LogP) is 3.51. The first-order chi connectivity index (χ1) is 13.0. The molecule has 1 amide bonds. The lowest BCUT2D eigenvalue weighted by atomic mass is 10.1. The number of pyridine rings is 1. The lowest BCUT2D eigenvalue weighted by molar-refractivity contribution is -0.129. The molecular weight excluding hydrogens is 365 g/mol. The summed E-state index contributed by atoms with van der Waals surface area (Å²) < 4.78 is 15.5. The van der Waals surface area contributed by atoms with Crippen LogP contribution in [0.25, 0.3) is 32.4 Å². The average molecular weight is 381 g/mol. The van der Waals surface area contributed by atoms with Gasteiger partial charge in [0.25, 0.3) is 0 Å². The van der Waals surface area contributed by atoms with Gasteiger partial charge in [0.1, 0.15) is 17.4 Å². The Kier molecular flexibility index (Phi) is 4.24. The highest BCUT2D eigenvalue weighted by atomic mass is 32.1. The molecule has 0 unspecified atom stereocenters. The Labute approximate surface area is 158 Å². The molecule has 0 N–H and O–H groups in total. The summed E-state index contributed by atoms with van der Waals surface area (Å²) in [6.45, 7) is 0.0488. The predicted molar refractivity (Wildman–Crippen MR) is 105 cm³/mol. The number of likely N-dealkylation sites (N-methyl/N-ethyl adjacent to an activating group) is 1. The number of carbonyl (C=O) groups excluding carboxylic acids is 1. The van der Waals surface area contributed by atoms with Crippen LogP contribution < -0.4 is 5.43 Å². The van der Waals surface area contributed by atoms with Crippen LogP contribution in [0.4, 0.5) is 4.39 Å². The number of thiazole rings is 1. The zero-order chi connectivity index (χ0) is 19.1. The molecule has 4 aromatic rings. The largest absolute Gasteiger partial charge is 0.347 e. The van der Waals surface area contributed by atoms with Crippen molar-refractivity contribution in [2.45, 2.75) is 6.54 Å². The van der Waals surface area contributed by atoms with Crippen molar-refractivity contribution in [3.05, 3.63) is 64.0 Å². The number of nitrogens with zero attached hydrogens (tertiary/aromatic N) is 3. The summed E-state index contributed by atoms with van der Waals surface area (Å²) in [6.07, 6.45) is 1.72. The first kappa shape index (κ1) is 17.4. The molecule has 0 atom stereocenters. The second kappa shape index (κ2) is 6.59. The van der Waals surface area contributed by atoms with Crippen molar-refractivity contribution in [2.75, 3.05) is 14.1 Å². The van der Waals surface area contributed by atoms with Crippen LogP contribution in [-0.4, -0.2) is 34.5 Å². The highest BCUT2D eigenvalue weighted by molar-refractivity contribution is 7.13. The molecule has 27 heavy (non-hydrogen) atoms. The molecule has 4 rings (SSSR count). The van der Waals surface area contributed by atoms with Crippen LogP contribution in [0, 0.1) is 5.82 Å². The number of fused-ring (bicyclic) bond motifs is 2. The first-order valence-corrected chi connectivity index (χ1v) is 9.19. The number of rotatable bonds is 3. The zero-order valence-corrected chi connectivity index (χ0v) is 15.6. The Morgan fingerprint density at radius 2 is 1.96 bits per heavy atom. The van der Waals surface area contributed by atoms with Gasteiger partial charge in [0.05, 0.1) is 11.0 Å². The molecule has 0 spiro atoms. The molecule has 2 aromatic heterocycles. The minimum Gasteiger partial charge on any atom is -0.347 e. The maximum absolute atomic E-state index is 13.8. The second-order valence-electron chi connectivity index (χ2n) is 6.43. The van der Waals surface area contributed by atoms with Crippen LogP contribution in [0.3, 0.4) is 0 Å². The minimum absolute atomic E-state index is 0.0488. The summed E-state index contributed by atoms with van der Waals surface area (Å²) in [5.41, 5.74) is 1.77. The molecule has 0 aliphatic heterocycles. The molecular formula is C20H16FN3O2S. The summed E-state index contributed by atoms with van der Waals surface area (Å²) in [5, 5.41) is 3.41. The van der Waals surface area contributed by atoms with Gasteiger partial charge in [-0.1, -0.05) is 6.07 Å². The Balaban J connectivity index is 2.08. The molecule has 5 nitrogen and oxygen atoms in total. The van der Waals surface area contributed by atoms with Crippen molar-refractivity contribution in [1.82, 2.24) is 14.5 Å². The maximum Gasteiger partial charge on any atom is 0.242 e. The number of hydrogen-bond donors (Lipinski definition) is 0. The molecule has 0 aliphatic rings. The number of aromatic nitrogens is 2. The molecule has 0 fully saturated rings. The van der Waals surface area contributed by atoms with E-state index in [9.17, 15) is 14.0 Å². The lowest BCUT2D eigenvalue weighted by Crippen LogP contribution is -2.27. The van der Waals surface area contributed by atoms with Gasteiger partial charge < -0.3 is 9.47 Å². The highest BCUT2D eigenvalue weighted by Gasteiger charge is 2.16. The summed E-state index contributed by atoms with van der Waals surface area (Å²) >= 11 is 1.50. The topological polar surface area (TPSA) is 55.2 Å². The third-order valence-electron chi connectivity index (χ3n) is 4.50. The molecule has 0 saturated carbocycles. The van der Waals surface area contributed by atoms with Gasteiger partial charge in [-0.25, -0.2) is 9.37 Å². The molecule has 0 radical (unpaired) electrons. The van der Waals surface area contributed by atoms with Gasteiger partial charge in [-0.3, -0.25) is 9.59 Å². The quantitative estimate of drug-likeness (QED) is 0.511. The SMILES string of the molecule is CN(C)C(=O)Cn1c2ccc(F)cc2c(=O)c2ccc(-c3nccs3)cc21. The monoisotopic (exact) mass is 381 g/mol. The van der Waals surface area contributed by atoms with Gasteiger partial charge in [0.2, 0.25) is 5.91 Å². The van der Waals surface area contributed by atoms with Crippen molar-refractivity contribution < 1.29 is 9.18 Å². The van der Waals surface area contributed by atoms with Crippen LogP contribution in [0.2, 0.25) is 0 Å². The van der Waals surface area contributed by atoms with Crippen molar-refractivity contribution in [2.24, 2.45) is 0 Å². The van der Waals surface area contributed by atoms with E-state index in [4.69, 9.17) is 0 Å². The average Bonchev–Trinajstić information content (AvgIpc) is 3.19. The van der Waals surface area contributed by atoms with E-state index in [1.807, 2.05) is 17.5 Å². The summed E-state index contributed by atoms with van der Waals surface area (Å²) in [7, 11) is 3.35. The van der Waals surface area contributed by atoms with E-state index in [-0.39, 0.29) is 23.3 Å².